The van der Waals surface area contributed by atoms with Gasteiger partial charge < -0.3 is 19.7 Å². The number of ether oxygens (including phenoxy) is 2. The number of nitrogens with zero attached hydrogens (tertiary/aromatic N) is 2. The zero-order valence-electron chi connectivity index (χ0n) is 11.0. The van der Waals surface area contributed by atoms with Gasteiger partial charge in [0.1, 0.15) is 5.75 Å². The molecule has 0 atom stereocenters. The molecule has 0 spiro atoms. The Morgan fingerprint density at radius 2 is 2.10 bits per heavy atom. The number of nitrogens with one attached hydrogen (secondary N) is 1. The van der Waals surface area contributed by atoms with Gasteiger partial charge in [0, 0.05) is 26.2 Å². The minimum Gasteiger partial charge on any atom is -0.496 e. The Hall–Kier alpha value is -2.35. The van der Waals surface area contributed by atoms with Crippen molar-refractivity contribution in [3.63, 3.8) is 0 Å². The summed E-state index contributed by atoms with van der Waals surface area (Å²) in [6.07, 6.45) is -0.584. The van der Waals surface area contributed by atoms with Crippen molar-refractivity contribution in [1.29, 1.82) is 0 Å². The van der Waals surface area contributed by atoms with E-state index in [0.29, 0.717) is 31.9 Å². The number of benzene rings is 1. The predicted molar refractivity (Wildman–Crippen MR) is 70.1 cm³/mol. The molecule has 1 N–H and O–H groups in total. The summed E-state index contributed by atoms with van der Waals surface area (Å²) in [7, 11) is 1.41. The van der Waals surface area contributed by atoms with Crippen LogP contribution in [-0.2, 0) is 0 Å². The number of hydrogen-bond acceptors (Lipinski definition) is 6. The first-order chi connectivity index (χ1) is 9.61. The van der Waals surface area contributed by atoms with E-state index in [1.807, 2.05) is 0 Å². The summed E-state index contributed by atoms with van der Waals surface area (Å²) < 4.78 is 10.0. The van der Waals surface area contributed by atoms with Crippen molar-refractivity contribution in [2.75, 3.05) is 33.3 Å². The number of hydrogen-bond donors (Lipinski definition) is 1. The highest BCUT2D eigenvalue weighted by Crippen LogP contribution is 2.31. The van der Waals surface area contributed by atoms with E-state index >= 15 is 0 Å². The highest BCUT2D eigenvalue weighted by molar-refractivity contribution is 5.72. The smallest absolute Gasteiger partial charge is 0.415 e. The molecule has 1 aliphatic heterocycles. The summed E-state index contributed by atoms with van der Waals surface area (Å²) in [5.74, 6) is 0.248. The summed E-state index contributed by atoms with van der Waals surface area (Å²) in [4.78, 5) is 23.8. The largest absolute Gasteiger partial charge is 0.496 e. The lowest BCUT2D eigenvalue weighted by Crippen LogP contribution is -2.47. The molecule has 1 amide bonds. The average Bonchev–Trinajstić information content (AvgIpc) is 2.48. The summed E-state index contributed by atoms with van der Waals surface area (Å²) in [5, 5.41) is 14.1. The summed E-state index contributed by atoms with van der Waals surface area (Å²) in [5.41, 5.74) is -0.298. The summed E-state index contributed by atoms with van der Waals surface area (Å²) >= 11 is 0. The zero-order chi connectivity index (χ0) is 14.5. The number of carbonyl (C=O) groups excluding carboxylic acids is 1. The third-order valence-electron chi connectivity index (χ3n) is 2.94. The van der Waals surface area contributed by atoms with Gasteiger partial charge in [0.25, 0.3) is 0 Å². The van der Waals surface area contributed by atoms with E-state index in [0.717, 1.165) is 0 Å². The van der Waals surface area contributed by atoms with Crippen LogP contribution in [0.5, 0.6) is 11.5 Å². The van der Waals surface area contributed by atoms with Crippen molar-refractivity contribution in [2.24, 2.45) is 0 Å². The average molecular weight is 281 g/mol. The molecular formula is C12H15N3O5. The number of methoxy groups -OCH3 is 1. The minimum atomic E-state index is -0.608. The topological polar surface area (TPSA) is 93.9 Å². The monoisotopic (exact) mass is 281 g/mol. The first-order valence-corrected chi connectivity index (χ1v) is 6.11. The molecule has 1 saturated heterocycles. The van der Waals surface area contributed by atoms with Gasteiger partial charge in [-0.05, 0) is 12.1 Å². The van der Waals surface area contributed by atoms with Crippen LogP contribution in [0.1, 0.15) is 0 Å². The molecule has 1 fully saturated rings. The van der Waals surface area contributed by atoms with E-state index < -0.39 is 11.0 Å². The van der Waals surface area contributed by atoms with E-state index in [9.17, 15) is 14.9 Å². The van der Waals surface area contributed by atoms with Crippen LogP contribution >= 0.6 is 0 Å². The van der Waals surface area contributed by atoms with Crippen molar-refractivity contribution in [1.82, 2.24) is 10.2 Å². The second kappa shape index (κ2) is 6.20. The Balaban J connectivity index is 2.15. The second-order valence-corrected chi connectivity index (χ2v) is 4.20. The maximum Gasteiger partial charge on any atom is 0.415 e. The Labute approximate surface area is 115 Å². The van der Waals surface area contributed by atoms with Gasteiger partial charge >= 0.3 is 11.8 Å². The number of rotatable bonds is 3. The first-order valence-electron chi connectivity index (χ1n) is 6.11. The van der Waals surface area contributed by atoms with E-state index in [4.69, 9.17) is 9.47 Å². The molecule has 0 aliphatic carbocycles. The van der Waals surface area contributed by atoms with Crippen LogP contribution in [0.25, 0.3) is 0 Å². The number of piperazine rings is 1. The number of carbonyl (C=O) groups is 1. The molecule has 1 aliphatic rings. The van der Waals surface area contributed by atoms with Crippen LogP contribution in [0.15, 0.2) is 18.2 Å². The van der Waals surface area contributed by atoms with Crippen molar-refractivity contribution in [3.05, 3.63) is 28.3 Å². The van der Waals surface area contributed by atoms with Gasteiger partial charge in [-0.1, -0.05) is 0 Å². The van der Waals surface area contributed by atoms with Gasteiger partial charge in [0.2, 0.25) is 5.75 Å². The quantitative estimate of drug-likeness (QED) is 0.656. The highest BCUT2D eigenvalue weighted by Gasteiger charge is 2.23. The molecule has 20 heavy (non-hydrogen) atoms. The van der Waals surface area contributed by atoms with Crippen LogP contribution < -0.4 is 14.8 Å². The predicted octanol–water partition coefficient (Wildman–Crippen LogP) is 1.01. The van der Waals surface area contributed by atoms with E-state index in [2.05, 4.69) is 5.32 Å². The van der Waals surface area contributed by atoms with Gasteiger partial charge in [0.15, 0.2) is 0 Å². The molecule has 0 aromatic heterocycles. The van der Waals surface area contributed by atoms with Crippen molar-refractivity contribution < 1.29 is 19.2 Å². The lowest BCUT2D eigenvalue weighted by molar-refractivity contribution is -0.385. The van der Waals surface area contributed by atoms with Crippen molar-refractivity contribution >= 4 is 11.8 Å². The third kappa shape index (κ3) is 3.15. The zero-order valence-corrected chi connectivity index (χ0v) is 11.0. The standard InChI is InChI=1S/C12H15N3O5/c1-19-9-2-3-11(10(8-9)15(17)18)20-12(16)14-6-4-13-5-7-14/h2-3,8,13H,4-7H2,1H3. The third-order valence-corrected chi connectivity index (χ3v) is 2.94. The Morgan fingerprint density at radius 1 is 1.40 bits per heavy atom. The van der Waals surface area contributed by atoms with Crippen LogP contribution in [0.3, 0.4) is 0 Å². The molecule has 108 valence electrons. The molecular weight excluding hydrogens is 266 g/mol. The second-order valence-electron chi connectivity index (χ2n) is 4.20. The molecule has 8 nitrogen and oxygen atoms in total. The van der Waals surface area contributed by atoms with E-state index in [1.165, 1.54) is 30.2 Å². The molecule has 2 rings (SSSR count). The van der Waals surface area contributed by atoms with Crippen LogP contribution in [0, 0.1) is 10.1 Å². The van der Waals surface area contributed by atoms with E-state index in [-0.39, 0.29) is 11.4 Å². The number of amides is 1. The minimum absolute atomic E-state index is 0.0840. The van der Waals surface area contributed by atoms with Crippen molar-refractivity contribution in [2.45, 2.75) is 0 Å². The Morgan fingerprint density at radius 3 is 2.70 bits per heavy atom. The van der Waals surface area contributed by atoms with Gasteiger partial charge in [0.05, 0.1) is 18.1 Å². The molecule has 8 heteroatoms. The van der Waals surface area contributed by atoms with Gasteiger partial charge in [-0.25, -0.2) is 4.79 Å². The van der Waals surface area contributed by atoms with E-state index in [1.54, 1.807) is 0 Å². The fraction of sp³-hybridized carbons (Fsp3) is 0.417. The summed E-state index contributed by atoms with van der Waals surface area (Å²) in [6.45, 7) is 2.39. The lowest BCUT2D eigenvalue weighted by Gasteiger charge is -2.26. The molecule has 0 bridgehead atoms. The number of nitro groups is 1. The molecule has 1 aromatic rings. The van der Waals surface area contributed by atoms with Gasteiger partial charge in [-0.15, -0.1) is 0 Å². The molecule has 0 saturated carbocycles. The fourth-order valence-corrected chi connectivity index (χ4v) is 1.86. The highest BCUT2D eigenvalue weighted by atomic mass is 16.6. The Bertz CT molecular complexity index is 514. The maximum atomic E-state index is 11.9. The van der Waals surface area contributed by atoms with Gasteiger partial charge in [-0.3, -0.25) is 10.1 Å². The number of nitro benzene ring substituents is 1. The summed E-state index contributed by atoms with van der Waals surface area (Å²) in [6, 6.07) is 4.09. The fourth-order valence-electron chi connectivity index (χ4n) is 1.86. The van der Waals surface area contributed by atoms with Crippen LogP contribution in [0.4, 0.5) is 10.5 Å². The normalized spacial score (nSPS) is 14.8. The first kappa shape index (κ1) is 14.1. The van der Waals surface area contributed by atoms with Crippen LogP contribution in [-0.4, -0.2) is 49.2 Å². The SMILES string of the molecule is COc1ccc(OC(=O)N2CCNCC2)c([N+](=O)[O-])c1. The Kier molecular flexibility index (Phi) is 4.36. The van der Waals surface area contributed by atoms with Crippen LogP contribution in [0.2, 0.25) is 0 Å². The molecule has 1 heterocycles. The van der Waals surface area contributed by atoms with Gasteiger partial charge in [-0.2, -0.15) is 0 Å². The molecule has 1 aromatic carbocycles. The van der Waals surface area contributed by atoms with Crippen molar-refractivity contribution in [3.8, 4) is 11.5 Å². The molecule has 0 unspecified atom stereocenters. The molecule has 0 radical (unpaired) electrons. The maximum absolute atomic E-state index is 11.9. The lowest BCUT2D eigenvalue weighted by atomic mass is 10.3.